The van der Waals surface area contributed by atoms with Crippen molar-refractivity contribution < 1.29 is 14.6 Å². The summed E-state index contributed by atoms with van der Waals surface area (Å²) < 4.78 is 5.01. The second-order valence-corrected chi connectivity index (χ2v) is 2.50. The maximum absolute atomic E-state index is 10.3. The first kappa shape index (κ1) is 9.78. The average Bonchev–Trinajstić information content (AvgIpc) is 1.87. The van der Waals surface area contributed by atoms with Gasteiger partial charge in [0.25, 0.3) is 0 Å². The van der Waals surface area contributed by atoms with Crippen molar-refractivity contribution >= 4 is 18.6 Å². The summed E-state index contributed by atoms with van der Waals surface area (Å²) in [6, 6.07) is 0. The van der Waals surface area contributed by atoms with Crippen LogP contribution in [0, 0.1) is 0 Å². The first-order valence-corrected chi connectivity index (χ1v) is 3.63. The lowest BCUT2D eigenvalue weighted by atomic mass is 10.3. The maximum Gasteiger partial charge on any atom is 0.319 e. The standard InChI is InChI=1S/C6H12O3S/c1-3-9-4(2)5(10)6(7)8/h4-5,10H,3H2,1-2H3,(H,7,8). The van der Waals surface area contributed by atoms with Crippen LogP contribution < -0.4 is 0 Å². The van der Waals surface area contributed by atoms with E-state index in [-0.39, 0.29) is 6.10 Å². The van der Waals surface area contributed by atoms with Gasteiger partial charge < -0.3 is 9.84 Å². The first-order chi connectivity index (χ1) is 4.59. The summed E-state index contributed by atoms with van der Waals surface area (Å²) in [5.41, 5.74) is 0. The lowest BCUT2D eigenvalue weighted by molar-refractivity contribution is -0.138. The van der Waals surface area contributed by atoms with Gasteiger partial charge in [-0.15, -0.1) is 0 Å². The summed E-state index contributed by atoms with van der Waals surface area (Å²) >= 11 is 3.83. The first-order valence-electron chi connectivity index (χ1n) is 3.12. The second kappa shape index (κ2) is 4.57. The van der Waals surface area contributed by atoms with Crippen LogP contribution in [-0.4, -0.2) is 29.0 Å². The Kier molecular flexibility index (Phi) is 4.47. The zero-order valence-electron chi connectivity index (χ0n) is 6.07. The molecule has 0 aliphatic rings. The third-order valence-corrected chi connectivity index (χ3v) is 1.77. The van der Waals surface area contributed by atoms with E-state index < -0.39 is 11.2 Å². The van der Waals surface area contributed by atoms with Crippen LogP contribution in [0.25, 0.3) is 0 Å². The number of thiol groups is 1. The van der Waals surface area contributed by atoms with Crippen molar-refractivity contribution in [1.29, 1.82) is 0 Å². The van der Waals surface area contributed by atoms with E-state index in [0.717, 1.165) is 0 Å². The molecule has 3 nitrogen and oxygen atoms in total. The van der Waals surface area contributed by atoms with Gasteiger partial charge in [0.05, 0.1) is 6.10 Å². The Morgan fingerprint density at radius 1 is 1.80 bits per heavy atom. The van der Waals surface area contributed by atoms with Crippen molar-refractivity contribution in [2.45, 2.75) is 25.2 Å². The van der Waals surface area contributed by atoms with Crippen molar-refractivity contribution in [1.82, 2.24) is 0 Å². The fourth-order valence-electron chi connectivity index (χ4n) is 0.555. The summed E-state index contributed by atoms with van der Waals surface area (Å²) in [6.07, 6.45) is -0.328. The minimum atomic E-state index is -0.940. The van der Waals surface area contributed by atoms with Crippen LogP contribution in [0.5, 0.6) is 0 Å². The third kappa shape index (κ3) is 3.08. The molecule has 0 bridgehead atoms. The Morgan fingerprint density at radius 3 is 2.60 bits per heavy atom. The molecule has 0 radical (unpaired) electrons. The van der Waals surface area contributed by atoms with Crippen LogP contribution in [0.15, 0.2) is 0 Å². The molecular formula is C6H12O3S. The lowest BCUT2D eigenvalue weighted by Gasteiger charge is -2.14. The smallest absolute Gasteiger partial charge is 0.319 e. The molecule has 0 fully saturated rings. The van der Waals surface area contributed by atoms with E-state index >= 15 is 0 Å². The summed E-state index contributed by atoms with van der Waals surface area (Å²) in [6.45, 7) is 4.03. The van der Waals surface area contributed by atoms with E-state index in [4.69, 9.17) is 9.84 Å². The van der Waals surface area contributed by atoms with Gasteiger partial charge in [0.2, 0.25) is 0 Å². The average molecular weight is 164 g/mol. The maximum atomic E-state index is 10.3. The van der Waals surface area contributed by atoms with Crippen molar-refractivity contribution in [2.24, 2.45) is 0 Å². The number of hydrogen-bond acceptors (Lipinski definition) is 3. The van der Waals surface area contributed by atoms with Crippen LogP contribution >= 0.6 is 12.6 Å². The summed E-state index contributed by atoms with van der Waals surface area (Å²) in [5.74, 6) is -0.940. The Balaban J connectivity index is 3.69. The normalized spacial score (nSPS) is 16.3. The predicted molar refractivity (Wildman–Crippen MR) is 41.5 cm³/mol. The molecule has 0 amide bonds. The van der Waals surface area contributed by atoms with Gasteiger partial charge in [-0.3, -0.25) is 4.79 Å². The number of carboxylic acid groups (broad SMARTS) is 1. The minimum Gasteiger partial charge on any atom is -0.480 e. The number of aliphatic carboxylic acids is 1. The lowest BCUT2D eigenvalue weighted by Crippen LogP contribution is -2.28. The van der Waals surface area contributed by atoms with Gasteiger partial charge in [0.15, 0.2) is 0 Å². The minimum absolute atomic E-state index is 0.328. The highest BCUT2D eigenvalue weighted by molar-refractivity contribution is 7.81. The van der Waals surface area contributed by atoms with E-state index in [1.165, 1.54) is 0 Å². The molecule has 0 spiro atoms. The molecule has 0 rings (SSSR count). The molecule has 0 saturated carbocycles. The van der Waals surface area contributed by atoms with Crippen molar-refractivity contribution in [3.05, 3.63) is 0 Å². The molecule has 1 N–H and O–H groups in total. The fraction of sp³-hybridized carbons (Fsp3) is 0.833. The highest BCUT2D eigenvalue weighted by Gasteiger charge is 2.19. The molecular weight excluding hydrogens is 152 g/mol. The fourth-order valence-corrected chi connectivity index (χ4v) is 0.641. The highest BCUT2D eigenvalue weighted by Crippen LogP contribution is 2.05. The van der Waals surface area contributed by atoms with Crippen LogP contribution in [0.2, 0.25) is 0 Å². The molecule has 0 saturated heterocycles. The summed E-state index contributed by atoms with van der Waals surface area (Å²) in [7, 11) is 0. The zero-order chi connectivity index (χ0) is 8.15. The van der Waals surface area contributed by atoms with Crippen LogP contribution in [0.4, 0.5) is 0 Å². The molecule has 2 unspecified atom stereocenters. The van der Waals surface area contributed by atoms with Gasteiger partial charge in [-0.05, 0) is 13.8 Å². The molecule has 60 valence electrons. The summed E-state index contributed by atoms with van der Waals surface area (Å²) in [5, 5.41) is 7.70. The number of carboxylic acids is 1. The van der Waals surface area contributed by atoms with E-state index in [9.17, 15) is 4.79 Å². The highest BCUT2D eigenvalue weighted by atomic mass is 32.1. The van der Waals surface area contributed by atoms with Crippen LogP contribution in [0.3, 0.4) is 0 Å². The number of carbonyl (C=O) groups is 1. The summed E-state index contributed by atoms with van der Waals surface area (Å²) in [4.78, 5) is 10.3. The molecule has 2 atom stereocenters. The predicted octanol–water partition coefficient (Wildman–Crippen LogP) is 0.794. The molecule has 0 aromatic carbocycles. The quantitative estimate of drug-likeness (QED) is 0.604. The zero-order valence-corrected chi connectivity index (χ0v) is 6.97. The molecule has 0 heterocycles. The largest absolute Gasteiger partial charge is 0.480 e. The molecule has 10 heavy (non-hydrogen) atoms. The van der Waals surface area contributed by atoms with Gasteiger partial charge in [-0.1, -0.05) is 0 Å². The van der Waals surface area contributed by atoms with Gasteiger partial charge in [0, 0.05) is 6.61 Å². The molecule has 4 heteroatoms. The van der Waals surface area contributed by atoms with Gasteiger partial charge in [0.1, 0.15) is 5.25 Å². The monoisotopic (exact) mass is 164 g/mol. The number of ether oxygens (including phenoxy) is 1. The topological polar surface area (TPSA) is 46.5 Å². The molecule has 0 aliphatic heterocycles. The second-order valence-electron chi connectivity index (χ2n) is 1.94. The molecule has 0 aromatic heterocycles. The van der Waals surface area contributed by atoms with E-state index in [2.05, 4.69) is 12.6 Å². The SMILES string of the molecule is CCOC(C)C(S)C(=O)O. The number of hydrogen-bond donors (Lipinski definition) is 2. The Hall–Kier alpha value is -0.220. The van der Waals surface area contributed by atoms with E-state index in [0.29, 0.717) is 6.61 Å². The Morgan fingerprint density at radius 2 is 2.30 bits per heavy atom. The van der Waals surface area contributed by atoms with Gasteiger partial charge >= 0.3 is 5.97 Å². The molecule has 0 aliphatic carbocycles. The van der Waals surface area contributed by atoms with Crippen LogP contribution in [-0.2, 0) is 9.53 Å². The van der Waals surface area contributed by atoms with Crippen molar-refractivity contribution in [2.75, 3.05) is 6.61 Å². The van der Waals surface area contributed by atoms with Gasteiger partial charge in [-0.2, -0.15) is 12.6 Å². The third-order valence-electron chi connectivity index (χ3n) is 1.13. The van der Waals surface area contributed by atoms with Crippen LogP contribution in [0.1, 0.15) is 13.8 Å². The molecule has 0 aromatic rings. The Bertz CT molecular complexity index is 116. The Labute approximate surface area is 65.8 Å². The van der Waals surface area contributed by atoms with E-state index in [1.807, 2.05) is 6.92 Å². The van der Waals surface area contributed by atoms with Gasteiger partial charge in [-0.25, -0.2) is 0 Å². The number of rotatable bonds is 4. The van der Waals surface area contributed by atoms with Crippen molar-refractivity contribution in [3.8, 4) is 0 Å². The van der Waals surface area contributed by atoms with Crippen molar-refractivity contribution in [3.63, 3.8) is 0 Å². The van der Waals surface area contributed by atoms with E-state index in [1.54, 1.807) is 6.92 Å².